The maximum absolute atomic E-state index is 9.91. The highest BCUT2D eigenvalue weighted by atomic mass is 16.3. The second kappa shape index (κ2) is 3.81. The summed E-state index contributed by atoms with van der Waals surface area (Å²) in [6, 6.07) is 2.09. The van der Waals surface area contributed by atoms with Gasteiger partial charge in [-0.25, -0.2) is 0 Å². The number of fused-ring (bicyclic) bond motifs is 1. The lowest BCUT2D eigenvalue weighted by atomic mass is 9.92. The van der Waals surface area contributed by atoms with Crippen LogP contribution < -0.4 is 4.90 Å². The number of aliphatic hydroxyl groups is 1. The number of anilines is 1. The quantitative estimate of drug-likeness (QED) is 0.761. The number of aliphatic hydroxyl groups excluding tert-OH is 1. The third-order valence-corrected chi connectivity index (χ3v) is 2.96. The first-order chi connectivity index (χ1) is 7.09. The number of nitrogens with zero attached hydrogens (tertiary/aromatic N) is 2. The summed E-state index contributed by atoms with van der Waals surface area (Å²) >= 11 is 0. The Balaban J connectivity index is 2.57. The van der Waals surface area contributed by atoms with Gasteiger partial charge in [-0.2, -0.15) is 0 Å². The van der Waals surface area contributed by atoms with E-state index in [-0.39, 0.29) is 6.10 Å². The number of rotatable bonds is 1. The average molecular weight is 206 g/mol. The Hall–Kier alpha value is -1.09. The van der Waals surface area contributed by atoms with E-state index in [1.165, 1.54) is 11.3 Å². The third kappa shape index (κ3) is 1.84. The number of hydrogen-bond donors (Lipinski definition) is 1. The van der Waals surface area contributed by atoms with E-state index in [1.54, 1.807) is 0 Å². The summed E-state index contributed by atoms with van der Waals surface area (Å²) < 4.78 is 0. The highest BCUT2D eigenvalue weighted by Gasteiger charge is 2.23. The molecule has 82 valence electrons. The largest absolute Gasteiger partial charge is 0.387 e. The van der Waals surface area contributed by atoms with E-state index in [1.807, 2.05) is 21.0 Å². The van der Waals surface area contributed by atoms with Crippen molar-refractivity contribution in [2.45, 2.75) is 32.3 Å². The van der Waals surface area contributed by atoms with Crippen molar-refractivity contribution in [2.75, 3.05) is 19.0 Å². The maximum Gasteiger partial charge on any atom is 0.0963 e. The lowest BCUT2D eigenvalue weighted by molar-refractivity contribution is 0.151. The zero-order chi connectivity index (χ0) is 11.0. The van der Waals surface area contributed by atoms with E-state index in [0.717, 1.165) is 30.7 Å². The highest BCUT2D eigenvalue weighted by Crippen LogP contribution is 2.34. The minimum Gasteiger partial charge on any atom is -0.387 e. The highest BCUT2D eigenvalue weighted by molar-refractivity contribution is 5.56. The molecule has 2 rings (SSSR count). The standard InChI is InChI=1S/C12H18N2O/c1-8-7-10(14(2)3)9-5-4-6-11(15)12(9)13-8/h7,11,15H,4-6H2,1-3H3. The van der Waals surface area contributed by atoms with Crippen molar-refractivity contribution in [1.29, 1.82) is 0 Å². The Labute approximate surface area is 90.8 Å². The fourth-order valence-corrected chi connectivity index (χ4v) is 2.25. The lowest BCUT2D eigenvalue weighted by Crippen LogP contribution is -2.19. The van der Waals surface area contributed by atoms with Crippen LogP contribution >= 0.6 is 0 Å². The average Bonchev–Trinajstić information content (AvgIpc) is 2.18. The summed E-state index contributed by atoms with van der Waals surface area (Å²) in [5.74, 6) is 0. The van der Waals surface area contributed by atoms with Gasteiger partial charge in [0.1, 0.15) is 0 Å². The summed E-state index contributed by atoms with van der Waals surface area (Å²) in [6.07, 6.45) is 2.57. The topological polar surface area (TPSA) is 36.4 Å². The first kappa shape index (κ1) is 10.4. The van der Waals surface area contributed by atoms with Crippen LogP contribution in [0.15, 0.2) is 6.07 Å². The molecule has 1 aromatic rings. The molecule has 0 saturated heterocycles. The van der Waals surface area contributed by atoms with Crippen molar-refractivity contribution in [1.82, 2.24) is 4.98 Å². The summed E-state index contributed by atoms with van der Waals surface area (Å²) in [4.78, 5) is 6.56. The molecule has 1 heterocycles. The van der Waals surface area contributed by atoms with Gasteiger partial charge < -0.3 is 10.0 Å². The third-order valence-electron chi connectivity index (χ3n) is 2.96. The van der Waals surface area contributed by atoms with Gasteiger partial charge in [0.15, 0.2) is 0 Å². The fourth-order valence-electron chi connectivity index (χ4n) is 2.25. The van der Waals surface area contributed by atoms with Gasteiger partial charge >= 0.3 is 0 Å². The summed E-state index contributed by atoms with van der Waals surface area (Å²) in [7, 11) is 4.08. The second-order valence-electron chi connectivity index (χ2n) is 4.45. The molecule has 1 N–H and O–H groups in total. The minimum absolute atomic E-state index is 0.368. The van der Waals surface area contributed by atoms with Crippen molar-refractivity contribution < 1.29 is 5.11 Å². The van der Waals surface area contributed by atoms with E-state index in [4.69, 9.17) is 0 Å². The van der Waals surface area contributed by atoms with E-state index in [2.05, 4.69) is 16.0 Å². The normalized spacial score (nSPS) is 19.9. The van der Waals surface area contributed by atoms with Gasteiger partial charge in [0, 0.05) is 25.5 Å². The summed E-state index contributed by atoms with van der Waals surface area (Å²) in [5.41, 5.74) is 4.31. The molecule has 0 bridgehead atoms. The molecule has 3 heteroatoms. The number of aryl methyl sites for hydroxylation is 1. The van der Waals surface area contributed by atoms with Crippen LogP contribution in [0.4, 0.5) is 5.69 Å². The summed E-state index contributed by atoms with van der Waals surface area (Å²) in [6.45, 7) is 1.98. The zero-order valence-electron chi connectivity index (χ0n) is 9.62. The first-order valence-electron chi connectivity index (χ1n) is 5.45. The summed E-state index contributed by atoms with van der Waals surface area (Å²) in [5, 5.41) is 9.91. The van der Waals surface area contributed by atoms with E-state index < -0.39 is 0 Å². The molecule has 3 nitrogen and oxygen atoms in total. The van der Waals surface area contributed by atoms with Crippen LogP contribution in [0.25, 0.3) is 0 Å². The van der Waals surface area contributed by atoms with Crippen LogP contribution in [0.1, 0.15) is 35.9 Å². The molecule has 1 aromatic heterocycles. The molecule has 0 fully saturated rings. The zero-order valence-corrected chi connectivity index (χ0v) is 9.62. The van der Waals surface area contributed by atoms with Gasteiger partial charge in [-0.3, -0.25) is 4.98 Å². The molecule has 15 heavy (non-hydrogen) atoms. The molecule has 1 unspecified atom stereocenters. The van der Waals surface area contributed by atoms with Gasteiger partial charge in [0.2, 0.25) is 0 Å². The molecule has 0 radical (unpaired) electrons. The van der Waals surface area contributed by atoms with Crippen molar-refractivity contribution in [3.63, 3.8) is 0 Å². The van der Waals surface area contributed by atoms with Crippen LogP contribution in [0.2, 0.25) is 0 Å². The molecule has 0 amide bonds. The van der Waals surface area contributed by atoms with Crippen LogP contribution in [-0.4, -0.2) is 24.2 Å². The smallest absolute Gasteiger partial charge is 0.0963 e. The second-order valence-corrected chi connectivity index (χ2v) is 4.45. The van der Waals surface area contributed by atoms with Crippen LogP contribution in [0, 0.1) is 6.92 Å². The van der Waals surface area contributed by atoms with Crippen molar-refractivity contribution >= 4 is 5.69 Å². The SMILES string of the molecule is Cc1cc(N(C)C)c2c(n1)C(O)CCC2. The Morgan fingerprint density at radius 1 is 1.47 bits per heavy atom. The molecule has 1 aliphatic rings. The predicted octanol–water partition coefficient (Wildman–Crippen LogP) is 1.83. The molecule has 0 aliphatic heterocycles. The minimum atomic E-state index is -0.368. The molecule has 0 saturated carbocycles. The van der Waals surface area contributed by atoms with Gasteiger partial charge in [-0.1, -0.05) is 0 Å². The molecular weight excluding hydrogens is 188 g/mol. The van der Waals surface area contributed by atoms with Gasteiger partial charge in [0.25, 0.3) is 0 Å². The first-order valence-corrected chi connectivity index (χ1v) is 5.45. The Morgan fingerprint density at radius 3 is 2.87 bits per heavy atom. The van der Waals surface area contributed by atoms with Crippen LogP contribution in [-0.2, 0) is 6.42 Å². The molecule has 1 aliphatic carbocycles. The fraction of sp³-hybridized carbons (Fsp3) is 0.583. The molecule has 0 aromatic carbocycles. The molecule has 0 spiro atoms. The van der Waals surface area contributed by atoms with E-state index in [9.17, 15) is 5.11 Å². The number of pyridine rings is 1. The number of hydrogen-bond acceptors (Lipinski definition) is 3. The Bertz CT molecular complexity index is 357. The van der Waals surface area contributed by atoms with Crippen LogP contribution in [0.5, 0.6) is 0 Å². The Morgan fingerprint density at radius 2 is 2.20 bits per heavy atom. The van der Waals surface area contributed by atoms with E-state index in [0.29, 0.717) is 0 Å². The lowest BCUT2D eigenvalue weighted by Gasteiger charge is -2.26. The predicted molar refractivity (Wildman–Crippen MR) is 61.2 cm³/mol. The molecular formula is C12H18N2O. The number of aromatic nitrogens is 1. The van der Waals surface area contributed by atoms with Gasteiger partial charge in [0.05, 0.1) is 11.8 Å². The monoisotopic (exact) mass is 206 g/mol. The van der Waals surface area contributed by atoms with Gasteiger partial charge in [-0.15, -0.1) is 0 Å². The van der Waals surface area contributed by atoms with E-state index >= 15 is 0 Å². The van der Waals surface area contributed by atoms with Crippen molar-refractivity contribution in [3.8, 4) is 0 Å². The van der Waals surface area contributed by atoms with Crippen molar-refractivity contribution in [2.24, 2.45) is 0 Å². The molecule has 1 atom stereocenters. The van der Waals surface area contributed by atoms with Crippen molar-refractivity contribution in [3.05, 3.63) is 23.0 Å². The maximum atomic E-state index is 9.91. The Kier molecular flexibility index (Phi) is 2.65. The van der Waals surface area contributed by atoms with Gasteiger partial charge in [-0.05, 0) is 37.8 Å². The van der Waals surface area contributed by atoms with Crippen LogP contribution in [0.3, 0.4) is 0 Å².